The lowest BCUT2D eigenvalue weighted by molar-refractivity contribution is -0.129. The molecule has 172 valence electrons. The number of amides is 2. The summed E-state index contributed by atoms with van der Waals surface area (Å²) in [7, 11) is 0. The largest absolute Gasteiger partial charge is 0.350 e. The molecule has 0 bridgehead atoms. The maximum atomic E-state index is 13.6. The topological polar surface area (TPSA) is 113 Å². The van der Waals surface area contributed by atoms with Crippen LogP contribution in [0, 0.1) is 18.7 Å². The molecule has 3 aromatic rings. The number of hydrogen-bond donors (Lipinski definition) is 2. The second-order valence-corrected chi connectivity index (χ2v) is 9.83. The van der Waals surface area contributed by atoms with E-state index < -0.39 is 5.82 Å². The maximum absolute atomic E-state index is 13.6. The van der Waals surface area contributed by atoms with Crippen LogP contribution in [-0.2, 0) is 4.79 Å². The van der Waals surface area contributed by atoms with Crippen LogP contribution in [-0.4, -0.2) is 55.8 Å². The summed E-state index contributed by atoms with van der Waals surface area (Å²) in [5.74, 6) is -0.194. The van der Waals surface area contributed by atoms with E-state index in [1.165, 1.54) is 17.4 Å². The van der Waals surface area contributed by atoms with Gasteiger partial charge in [0.25, 0.3) is 5.91 Å². The van der Waals surface area contributed by atoms with Crippen molar-refractivity contribution < 1.29 is 14.0 Å². The second-order valence-electron chi connectivity index (χ2n) is 8.63. The predicted molar refractivity (Wildman–Crippen MR) is 121 cm³/mol. The van der Waals surface area contributed by atoms with E-state index in [4.69, 9.17) is 0 Å². The number of likely N-dealkylation sites (tertiary alicyclic amines) is 1. The standard InChI is InChI=1S/C22H24FN7O2S/c1-11(14-6-15(23)8-24-7-14)25-22-28-17(18-19(29-22)26-12(2)33-18)21(32)30-9-16(10-30)27-20(31)13-4-3-5-13/h6-8,11,13,16H,3-5,9-10H2,1-2H3,(H,27,31)(H,25,28,29). The van der Waals surface area contributed by atoms with Gasteiger partial charge in [-0.2, -0.15) is 4.98 Å². The van der Waals surface area contributed by atoms with Crippen molar-refractivity contribution in [3.63, 3.8) is 0 Å². The van der Waals surface area contributed by atoms with Crippen LogP contribution < -0.4 is 10.6 Å². The Morgan fingerprint density at radius 2 is 2.00 bits per heavy atom. The zero-order valence-corrected chi connectivity index (χ0v) is 19.2. The SMILES string of the molecule is Cc1nc2nc(NC(C)c3cncc(F)c3)nc(C(=O)N3CC(NC(=O)C4CCC4)C3)c2s1. The number of carbonyl (C=O) groups excluding carboxylic acids is 2. The predicted octanol–water partition coefficient (Wildman–Crippen LogP) is 2.84. The third-order valence-corrected chi connectivity index (χ3v) is 7.09. The molecule has 0 spiro atoms. The monoisotopic (exact) mass is 469 g/mol. The summed E-state index contributed by atoms with van der Waals surface area (Å²) < 4.78 is 14.2. The summed E-state index contributed by atoms with van der Waals surface area (Å²) in [5.41, 5.74) is 1.36. The molecule has 3 aromatic heterocycles. The molecule has 1 aliphatic heterocycles. The van der Waals surface area contributed by atoms with Gasteiger partial charge in [-0.05, 0) is 38.3 Å². The minimum Gasteiger partial charge on any atom is -0.350 e. The molecule has 1 saturated carbocycles. The first-order valence-electron chi connectivity index (χ1n) is 11.0. The quantitative estimate of drug-likeness (QED) is 0.571. The van der Waals surface area contributed by atoms with Crippen LogP contribution in [0.3, 0.4) is 0 Å². The van der Waals surface area contributed by atoms with E-state index in [0.29, 0.717) is 29.0 Å². The average molecular weight is 470 g/mol. The van der Waals surface area contributed by atoms with Crippen LogP contribution in [0.15, 0.2) is 18.5 Å². The Hall–Kier alpha value is -3.21. The van der Waals surface area contributed by atoms with Crippen molar-refractivity contribution >= 4 is 39.4 Å². The molecule has 0 radical (unpaired) electrons. The van der Waals surface area contributed by atoms with Crippen LogP contribution in [0.5, 0.6) is 0 Å². The van der Waals surface area contributed by atoms with Crippen molar-refractivity contribution in [3.05, 3.63) is 40.5 Å². The molecule has 9 nitrogen and oxygen atoms in total. The molecule has 33 heavy (non-hydrogen) atoms. The highest BCUT2D eigenvalue weighted by molar-refractivity contribution is 7.18. The Bertz CT molecular complexity index is 1220. The normalized spacial score (nSPS) is 17.4. The van der Waals surface area contributed by atoms with Crippen LogP contribution >= 0.6 is 11.3 Å². The molecular weight excluding hydrogens is 445 g/mol. The molecule has 5 rings (SSSR count). The minimum atomic E-state index is -0.430. The van der Waals surface area contributed by atoms with Gasteiger partial charge in [0, 0.05) is 25.2 Å². The first-order valence-corrected chi connectivity index (χ1v) is 11.8. The van der Waals surface area contributed by atoms with E-state index >= 15 is 0 Å². The molecule has 1 unspecified atom stereocenters. The summed E-state index contributed by atoms with van der Waals surface area (Å²) in [6.45, 7) is 4.59. The average Bonchev–Trinajstić information content (AvgIpc) is 3.08. The first kappa shape index (κ1) is 21.6. The Kier molecular flexibility index (Phi) is 5.65. The Morgan fingerprint density at radius 1 is 1.21 bits per heavy atom. The summed E-state index contributed by atoms with van der Waals surface area (Å²) in [6.07, 6.45) is 5.71. The van der Waals surface area contributed by atoms with Gasteiger partial charge in [0.1, 0.15) is 10.5 Å². The Balaban J connectivity index is 1.33. The first-order chi connectivity index (χ1) is 15.9. The summed E-state index contributed by atoms with van der Waals surface area (Å²) >= 11 is 1.37. The van der Waals surface area contributed by atoms with Crippen LogP contribution in [0.25, 0.3) is 10.3 Å². The molecule has 2 amide bonds. The van der Waals surface area contributed by atoms with Gasteiger partial charge in [-0.1, -0.05) is 6.42 Å². The molecule has 0 aromatic carbocycles. The van der Waals surface area contributed by atoms with Crippen molar-refractivity contribution in [2.45, 2.75) is 45.2 Å². The number of aromatic nitrogens is 4. The van der Waals surface area contributed by atoms with Crippen molar-refractivity contribution in [2.75, 3.05) is 18.4 Å². The van der Waals surface area contributed by atoms with E-state index in [1.54, 1.807) is 11.1 Å². The highest BCUT2D eigenvalue weighted by atomic mass is 32.1. The number of hydrogen-bond acceptors (Lipinski definition) is 8. The fraction of sp³-hybridized carbons (Fsp3) is 0.455. The molecule has 4 heterocycles. The van der Waals surface area contributed by atoms with Crippen molar-refractivity contribution in [3.8, 4) is 0 Å². The van der Waals surface area contributed by atoms with E-state index in [2.05, 4.69) is 30.6 Å². The zero-order valence-electron chi connectivity index (χ0n) is 18.3. The second kappa shape index (κ2) is 8.62. The van der Waals surface area contributed by atoms with Gasteiger partial charge in [0.05, 0.1) is 23.3 Å². The number of pyridine rings is 1. The lowest BCUT2D eigenvalue weighted by Crippen LogP contribution is -2.62. The van der Waals surface area contributed by atoms with Gasteiger partial charge >= 0.3 is 0 Å². The summed E-state index contributed by atoms with van der Waals surface area (Å²) in [5, 5.41) is 6.94. The number of rotatable bonds is 6. The van der Waals surface area contributed by atoms with Crippen LogP contribution in [0.4, 0.5) is 10.3 Å². The lowest BCUT2D eigenvalue weighted by atomic mass is 9.84. The number of aryl methyl sites for hydroxylation is 1. The van der Waals surface area contributed by atoms with E-state index in [0.717, 1.165) is 30.5 Å². The van der Waals surface area contributed by atoms with E-state index in [1.807, 2.05) is 13.8 Å². The molecule has 1 atom stereocenters. The highest BCUT2D eigenvalue weighted by Gasteiger charge is 2.36. The fourth-order valence-corrected chi connectivity index (χ4v) is 4.79. The molecule has 2 aliphatic rings. The van der Waals surface area contributed by atoms with E-state index in [9.17, 15) is 14.0 Å². The lowest BCUT2D eigenvalue weighted by Gasteiger charge is -2.40. The molecule has 11 heteroatoms. The number of carbonyl (C=O) groups is 2. The van der Waals surface area contributed by atoms with Gasteiger partial charge in [-0.15, -0.1) is 11.3 Å². The van der Waals surface area contributed by atoms with Crippen molar-refractivity contribution in [2.24, 2.45) is 5.92 Å². The number of nitrogens with one attached hydrogen (secondary N) is 2. The van der Waals surface area contributed by atoms with Gasteiger partial charge in [-0.3, -0.25) is 14.6 Å². The highest BCUT2D eigenvalue weighted by Crippen LogP contribution is 2.29. The Morgan fingerprint density at radius 3 is 2.70 bits per heavy atom. The molecular formula is C22H24FN7O2S. The number of thiazole rings is 1. The molecule has 1 aliphatic carbocycles. The van der Waals surface area contributed by atoms with Crippen molar-refractivity contribution in [1.29, 1.82) is 0 Å². The third kappa shape index (κ3) is 4.37. The van der Waals surface area contributed by atoms with Gasteiger partial charge in [-0.25, -0.2) is 14.4 Å². The van der Waals surface area contributed by atoms with Gasteiger partial charge in [0.15, 0.2) is 11.3 Å². The van der Waals surface area contributed by atoms with Crippen LogP contribution in [0.1, 0.15) is 53.3 Å². The van der Waals surface area contributed by atoms with Gasteiger partial charge in [0.2, 0.25) is 11.9 Å². The van der Waals surface area contributed by atoms with Gasteiger partial charge < -0.3 is 15.5 Å². The molecule has 2 N–H and O–H groups in total. The summed E-state index contributed by atoms with van der Waals surface area (Å²) in [4.78, 5) is 44.3. The number of halogens is 1. The van der Waals surface area contributed by atoms with Crippen LogP contribution in [0.2, 0.25) is 0 Å². The smallest absolute Gasteiger partial charge is 0.274 e. The van der Waals surface area contributed by atoms with Crippen molar-refractivity contribution in [1.82, 2.24) is 30.2 Å². The number of nitrogens with zero attached hydrogens (tertiary/aromatic N) is 5. The number of fused-ring (bicyclic) bond motifs is 1. The zero-order chi connectivity index (χ0) is 23.1. The van der Waals surface area contributed by atoms with E-state index in [-0.39, 0.29) is 41.5 Å². The maximum Gasteiger partial charge on any atom is 0.274 e. The summed E-state index contributed by atoms with van der Waals surface area (Å²) in [6, 6.07) is 1.03. The minimum absolute atomic E-state index is 0.0272. The molecule has 2 fully saturated rings. The number of anilines is 1. The molecule has 1 saturated heterocycles. The third-order valence-electron chi connectivity index (χ3n) is 6.13. The fourth-order valence-electron chi connectivity index (χ4n) is 3.95. The Labute approximate surface area is 193 Å².